The monoisotopic (exact) mass is 193 g/mol. The van der Waals surface area contributed by atoms with Crippen LogP contribution in [0, 0.1) is 11.3 Å². The second kappa shape index (κ2) is 5.09. The average molecular weight is 193 g/mol. The fraction of sp³-hybridized carbons (Fsp3) is 0.909. The van der Waals surface area contributed by atoms with Gasteiger partial charge in [0.15, 0.2) is 5.54 Å². The molecular weight excluding hydrogens is 174 g/mol. The van der Waals surface area contributed by atoms with Crippen molar-refractivity contribution in [3.63, 3.8) is 0 Å². The van der Waals surface area contributed by atoms with Gasteiger partial charge >= 0.3 is 0 Å². The zero-order valence-corrected chi connectivity index (χ0v) is 9.16. The van der Waals surface area contributed by atoms with Gasteiger partial charge in [-0.15, -0.1) is 0 Å². The third kappa shape index (κ3) is 2.80. The van der Waals surface area contributed by atoms with Gasteiger partial charge in [-0.25, -0.2) is 0 Å². The van der Waals surface area contributed by atoms with Crippen molar-refractivity contribution in [2.24, 2.45) is 10.2 Å². The van der Waals surface area contributed by atoms with E-state index in [0.29, 0.717) is 0 Å². The van der Waals surface area contributed by atoms with E-state index in [4.69, 9.17) is 5.26 Å². The molecule has 0 aromatic carbocycles. The van der Waals surface area contributed by atoms with Crippen molar-refractivity contribution in [3.8, 4) is 6.07 Å². The van der Waals surface area contributed by atoms with Gasteiger partial charge in [0.2, 0.25) is 0 Å². The van der Waals surface area contributed by atoms with Crippen LogP contribution in [0.25, 0.3) is 0 Å². The van der Waals surface area contributed by atoms with Gasteiger partial charge in [-0.2, -0.15) is 15.5 Å². The van der Waals surface area contributed by atoms with Gasteiger partial charge in [0.1, 0.15) is 0 Å². The van der Waals surface area contributed by atoms with E-state index in [0.717, 1.165) is 32.1 Å². The number of azo groups is 1. The van der Waals surface area contributed by atoms with E-state index in [1.807, 2.05) is 6.92 Å². The highest BCUT2D eigenvalue weighted by Gasteiger charge is 2.31. The predicted octanol–water partition coefficient (Wildman–Crippen LogP) is 3.46. The molecule has 1 saturated carbocycles. The Kier molecular flexibility index (Phi) is 4.06. The number of nitriles is 1. The van der Waals surface area contributed by atoms with E-state index in [-0.39, 0.29) is 6.04 Å². The molecule has 0 aromatic heterocycles. The molecule has 1 aliphatic carbocycles. The Hall–Kier alpha value is -0.910. The number of hydrogen-bond acceptors (Lipinski definition) is 3. The summed E-state index contributed by atoms with van der Waals surface area (Å²) < 4.78 is 0. The van der Waals surface area contributed by atoms with Gasteiger partial charge in [0, 0.05) is 0 Å². The Labute approximate surface area is 86.2 Å². The molecule has 1 fully saturated rings. The zero-order valence-electron chi connectivity index (χ0n) is 9.16. The Bertz CT molecular complexity index is 233. The lowest BCUT2D eigenvalue weighted by atomic mass is 9.84. The summed E-state index contributed by atoms with van der Waals surface area (Å²) >= 11 is 0. The molecule has 0 spiro atoms. The second-order valence-electron chi connectivity index (χ2n) is 4.18. The molecule has 3 heteroatoms. The summed E-state index contributed by atoms with van der Waals surface area (Å²) in [7, 11) is 0. The zero-order chi connectivity index (χ0) is 10.4. The molecule has 0 amide bonds. The van der Waals surface area contributed by atoms with Gasteiger partial charge in [0.25, 0.3) is 0 Å². The van der Waals surface area contributed by atoms with E-state index in [9.17, 15) is 0 Å². The lowest BCUT2D eigenvalue weighted by Crippen LogP contribution is -2.27. The fourth-order valence-electron chi connectivity index (χ4n) is 1.66. The van der Waals surface area contributed by atoms with E-state index < -0.39 is 5.54 Å². The minimum Gasteiger partial charge on any atom is -0.196 e. The SMILES string of the molecule is CCC(C)N=NC1(C#N)CCCCC1. The number of nitrogens with zero attached hydrogens (tertiary/aromatic N) is 3. The normalized spacial score (nSPS) is 23.2. The van der Waals surface area contributed by atoms with Gasteiger partial charge in [-0.3, -0.25) is 0 Å². The summed E-state index contributed by atoms with van der Waals surface area (Å²) in [6.45, 7) is 4.13. The van der Waals surface area contributed by atoms with Crippen LogP contribution in [-0.2, 0) is 0 Å². The molecule has 0 heterocycles. The third-order valence-corrected chi connectivity index (χ3v) is 2.93. The predicted molar refractivity (Wildman–Crippen MR) is 56.0 cm³/mol. The lowest BCUT2D eigenvalue weighted by Gasteiger charge is -2.25. The maximum atomic E-state index is 9.12. The van der Waals surface area contributed by atoms with E-state index in [1.54, 1.807) is 0 Å². The summed E-state index contributed by atoms with van der Waals surface area (Å²) in [5, 5.41) is 17.6. The van der Waals surface area contributed by atoms with Crippen molar-refractivity contribution >= 4 is 0 Å². The maximum absolute atomic E-state index is 9.12. The Morgan fingerprint density at radius 1 is 1.36 bits per heavy atom. The summed E-state index contributed by atoms with van der Waals surface area (Å²) in [5.41, 5.74) is -0.484. The van der Waals surface area contributed by atoms with Crippen LogP contribution in [0.2, 0.25) is 0 Å². The molecule has 3 nitrogen and oxygen atoms in total. The standard InChI is InChI=1S/C11H19N3/c1-3-10(2)13-14-11(9-12)7-5-4-6-8-11/h10H,3-8H2,1-2H3. The lowest BCUT2D eigenvalue weighted by molar-refractivity contribution is 0.349. The minimum atomic E-state index is -0.484. The molecule has 1 atom stereocenters. The molecule has 0 saturated heterocycles. The average Bonchev–Trinajstić information content (AvgIpc) is 2.27. The van der Waals surface area contributed by atoms with E-state index >= 15 is 0 Å². The first-order valence-electron chi connectivity index (χ1n) is 5.56. The summed E-state index contributed by atoms with van der Waals surface area (Å²) in [6, 6.07) is 2.59. The molecule has 0 N–H and O–H groups in total. The molecule has 1 aliphatic rings. The first-order chi connectivity index (χ1) is 6.72. The van der Waals surface area contributed by atoms with Crippen molar-refractivity contribution in [1.82, 2.24) is 0 Å². The largest absolute Gasteiger partial charge is 0.196 e. The van der Waals surface area contributed by atoms with Crippen LogP contribution >= 0.6 is 0 Å². The summed E-state index contributed by atoms with van der Waals surface area (Å²) in [4.78, 5) is 0. The molecule has 0 radical (unpaired) electrons. The number of rotatable bonds is 3. The second-order valence-corrected chi connectivity index (χ2v) is 4.18. The first kappa shape index (κ1) is 11.2. The summed E-state index contributed by atoms with van der Waals surface area (Å²) in [6.07, 6.45) is 6.25. The smallest absolute Gasteiger partial charge is 0.167 e. The van der Waals surface area contributed by atoms with Gasteiger partial charge in [-0.05, 0) is 39.0 Å². The molecular formula is C11H19N3. The Morgan fingerprint density at radius 3 is 2.50 bits per heavy atom. The number of hydrogen-bond donors (Lipinski definition) is 0. The topological polar surface area (TPSA) is 48.5 Å². The van der Waals surface area contributed by atoms with Gasteiger partial charge < -0.3 is 0 Å². The Balaban J connectivity index is 2.61. The fourth-order valence-corrected chi connectivity index (χ4v) is 1.66. The minimum absolute atomic E-state index is 0.252. The molecule has 1 unspecified atom stereocenters. The van der Waals surface area contributed by atoms with E-state index in [1.165, 1.54) is 6.42 Å². The van der Waals surface area contributed by atoms with Crippen LogP contribution in [0.4, 0.5) is 0 Å². The van der Waals surface area contributed by atoms with Crippen molar-refractivity contribution in [3.05, 3.63) is 0 Å². The Morgan fingerprint density at radius 2 is 2.00 bits per heavy atom. The van der Waals surface area contributed by atoms with E-state index in [2.05, 4.69) is 23.2 Å². The maximum Gasteiger partial charge on any atom is 0.167 e. The molecule has 0 aliphatic heterocycles. The van der Waals surface area contributed by atoms with Crippen LogP contribution in [0.5, 0.6) is 0 Å². The molecule has 14 heavy (non-hydrogen) atoms. The highest BCUT2D eigenvalue weighted by Crippen LogP contribution is 2.31. The quantitative estimate of drug-likeness (QED) is 0.633. The molecule has 0 bridgehead atoms. The molecule has 1 rings (SSSR count). The van der Waals surface area contributed by atoms with Crippen LogP contribution in [0.15, 0.2) is 10.2 Å². The van der Waals surface area contributed by atoms with Crippen LogP contribution in [0.3, 0.4) is 0 Å². The van der Waals surface area contributed by atoms with Crippen LogP contribution < -0.4 is 0 Å². The highest BCUT2D eigenvalue weighted by molar-refractivity contribution is 5.07. The molecule has 0 aromatic rings. The van der Waals surface area contributed by atoms with Gasteiger partial charge in [-0.1, -0.05) is 13.3 Å². The van der Waals surface area contributed by atoms with Crippen molar-refractivity contribution < 1.29 is 0 Å². The van der Waals surface area contributed by atoms with Crippen LogP contribution in [0.1, 0.15) is 52.4 Å². The summed E-state index contributed by atoms with van der Waals surface area (Å²) in [5.74, 6) is 0. The molecule has 78 valence electrons. The van der Waals surface area contributed by atoms with Crippen molar-refractivity contribution in [2.75, 3.05) is 0 Å². The van der Waals surface area contributed by atoms with Gasteiger partial charge in [0.05, 0.1) is 12.1 Å². The highest BCUT2D eigenvalue weighted by atomic mass is 15.2. The van der Waals surface area contributed by atoms with Crippen molar-refractivity contribution in [2.45, 2.75) is 64.0 Å². The third-order valence-electron chi connectivity index (χ3n) is 2.93. The van der Waals surface area contributed by atoms with Crippen LogP contribution in [-0.4, -0.2) is 11.6 Å². The van der Waals surface area contributed by atoms with Crippen molar-refractivity contribution in [1.29, 1.82) is 5.26 Å². The first-order valence-corrected chi connectivity index (χ1v) is 5.56.